The number of benzene rings is 1. The molecule has 2 N–H and O–H groups in total. The Morgan fingerprint density at radius 1 is 1.16 bits per heavy atom. The summed E-state index contributed by atoms with van der Waals surface area (Å²) in [5.41, 5.74) is -1.61. The van der Waals surface area contributed by atoms with Gasteiger partial charge in [-0.3, -0.25) is 19.0 Å². The highest BCUT2D eigenvalue weighted by atomic mass is 35.5. The van der Waals surface area contributed by atoms with E-state index in [9.17, 15) is 28.3 Å². The van der Waals surface area contributed by atoms with Crippen LogP contribution < -0.4 is 15.8 Å². The largest absolute Gasteiger partial charge is 0.504 e. The number of aldehydes is 1. The quantitative estimate of drug-likeness (QED) is 0.245. The number of nitrogens with one attached hydrogen (secondary N) is 1. The number of hydrogen-bond acceptors (Lipinski definition) is 8. The lowest BCUT2D eigenvalue weighted by Gasteiger charge is -2.39. The first-order valence-electron chi connectivity index (χ1n) is 13.9. The van der Waals surface area contributed by atoms with E-state index in [1.165, 1.54) is 21.4 Å². The van der Waals surface area contributed by atoms with Gasteiger partial charge in [-0.1, -0.05) is 11.6 Å². The second-order valence-corrected chi connectivity index (χ2v) is 11.4. The number of anilines is 2. The maximum absolute atomic E-state index is 15.1. The van der Waals surface area contributed by atoms with E-state index in [-0.39, 0.29) is 39.6 Å². The molecular formula is C29H27ClF3N7O4. The molecule has 3 aromatic heterocycles. The average molecular weight is 630 g/mol. The molecule has 1 atom stereocenters. The summed E-state index contributed by atoms with van der Waals surface area (Å²) < 4.78 is 47.3. The van der Waals surface area contributed by atoms with Gasteiger partial charge in [-0.05, 0) is 26.5 Å². The maximum Gasteiger partial charge on any atom is 0.263 e. The van der Waals surface area contributed by atoms with Crippen LogP contribution in [0.25, 0.3) is 22.2 Å². The molecule has 11 nitrogen and oxygen atoms in total. The minimum atomic E-state index is -1.66. The number of phenols is 1. The van der Waals surface area contributed by atoms with Crippen molar-refractivity contribution in [1.82, 2.24) is 24.0 Å². The third-order valence-electron chi connectivity index (χ3n) is 8.08. The summed E-state index contributed by atoms with van der Waals surface area (Å²) in [4.78, 5) is 50.9. The van der Waals surface area contributed by atoms with Gasteiger partial charge in [0.15, 0.2) is 17.9 Å². The van der Waals surface area contributed by atoms with Gasteiger partial charge >= 0.3 is 0 Å². The number of pyridine rings is 1. The molecule has 0 saturated carbocycles. The average Bonchev–Trinajstić information content (AvgIpc) is 3.60. The second kappa shape index (κ2) is 11.2. The van der Waals surface area contributed by atoms with Gasteiger partial charge in [0.25, 0.3) is 5.56 Å². The van der Waals surface area contributed by atoms with Crippen molar-refractivity contribution in [1.29, 1.82) is 0 Å². The second-order valence-electron chi connectivity index (χ2n) is 11.1. The predicted octanol–water partition coefficient (Wildman–Crippen LogP) is 3.57. The Labute approximate surface area is 253 Å². The van der Waals surface area contributed by atoms with E-state index in [4.69, 9.17) is 11.6 Å². The summed E-state index contributed by atoms with van der Waals surface area (Å²) in [7, 11) is 1.98. The third-order valence-corrected chi connectivity index (χ3v) is 8.44. The number of nitrogens with zero attached hydrogens (tertiary/aromatic N) is 6. The Bertz CT molecular complexity index is 1910. The van der Waals surface area contributed by atoms with Gasteiger partial charge in [0.05, 0.1) is 16.6 Å². The summed E-state index contributed by atoms with van der Waals surface area (Å²) in [6, 6.07) is 2.43. The molecule has 2 aliphatic rings. The first kappa shape index (κ1) is 29.6. The van der Waals surface area contributed by atoms with Crippen molar-refractivity contribution in [2.45, 2.75) is 38.9 Å². The van der Waals surface area contributed by atoms with E-state index in [0.717, 1.165) is 19.2 Å². The lowest BCUT2D eigenvalue weighted by Crippen LogP contribution is -2.50. The van der Waals surface area contributed by atoms with Gasteiger partial charge in [-0.2, -0.15) is 8.78 Å². The van der Waals surface area contributed by atoms with E-state index < -0.39 is 52.5 Å². The van der Waals surface area contributed by atoms with Crippen molar-refractivity contribution in [2.24, 2.45) is 0 Å². The number of piperazine rings is 1. The molecule has 5 heterocycles. The van der Waals surface area contributed by atoms with Crippen LogP contribution in [0.3, 0.4) is 0 Å². The number of aromatic hydroxyl groups is 1. The zero-order valence-corrected chi connectivity index (χ0v) is 24.5. The third kappa shape index (κ3) is 4.97. The SMILES string of the molecule is C[C@H]1CN(C)CCN1c1cc(NC(=O)Cn2cc(-c3cc(C=O)c(O)c(F)c3F)c3c(=O)n4c(nc32)CCC4)c(Cl)c(F)n1. The summed E-state index contributed by atoms with van der Waals surface area (Å²) in [5.74, 6) is -5.16. The highest BCUT2D eigenvalue weighted by Crippen LogP contribution is 2.36. The lowest BCUT2D eigenvalue weighted by molar-refractivity contribution is -0.116. The number of hydrogen-bond donors (Lipinski definition) is 2. The fourth-order valence-corrected chi connectivity index (χ4v) is 6.07. The Kier molecular flexibility index (Phi) is 7.58. The zero-order chi connectivity index (χ0) is 31.4. The zero-order valence-electron chi connectivity index (χ0n) is 23.7. The Morgan fingerprint density at radius 2 is 1.93 bits per heavy atom. The Morgan fingerprint density at radius 3 is 2.66 bits per heavy atom. The van der Waals surface area contributed by atoms with Crippen LogP contribution in [0.4, 0.5) is 24.7 Å². The summed E-state index contributed by atoms with van der Waals surface area (Å²) in [6.07, 6.45) is 2.55. The fourth-order valence-electron chi connectivity index (χ4n) is 5.92. The predicted molar refractivity (Wildman–Crippen MR) is 157 cm³/mol. The molecule has 0 radical (unpaired) electrons. The number of halogens is 4. The minimum absolute atomic E-state index is 0.0156. The van der Waals surface area contributed by atoms with E-state index in [2.05, 4.69) is 20.2 Å². The number of likely N-dealkylation sites (N-methyl/N-ethyl adjacent to an activating group) is 1. The van der Waals surface area contributed by atoms with Gasteiger partial charge in [-0.25, -0.2) is 14.4 Å². The van der Waals surface area contributed by atoms with Crippen molar-refractivity contribution in [3.63, 3.8) is 0 Å². The van der Waals surface area contributed by atoms with Crippen LogP contribution in [0.2, 0.25) is 5.02 Å². The fraction of sp³-hybridized carbons (Fsp3) is 0.345. The minimum Gasteiger partial charge on any atom is -0.504 e. The number of phenolic OH excluding ortho intramolecular Hbond substituents is 1. The van der Waals surface area contributed by atoms with Crippen molar-refractivity contribution in [3.8, 4) is 16.9 Å². The van der Waals surface area contributed by atoms with Gasteiger partial charge in [0.2, 0.25) is 17.7 Å². The number of rotatable bonds is 6. The molecule has 1 saturated heterocycles. The van der Waals surface area contributed by atoms with Crippen LogP contribution in [-0.2, 0) is 24.3 Å². The maximum atomic E-state index is 15.1. The molecular weight excluding hydrogens is 603 g/mol. The van der Waals surface area contributed by atoms with E-state index in [1.807, 2.05) is 18.9 Å². The molecule has 44 heavy (non-hydrogen) atoms. The van der Waals surface area contributed by atoms with Crippen molar-refractivity contribution < 1.29 is 27.9 Å². The van der Waals surface area contributed by atoms with Gasteiger partial charge in [-0.15, -0.1) is 0 Å². The molecule has 6 rings (SSSR count). The first-order chi connectivity index (χ1) is 21.0. The summed E-state index contributed by atoms with van der Waals surface area (Å²) in [5, 5.41) is 12.0. The molecule has 2 aliphatic heterocycles. The van der Waals surface area contributed by atoms with E-state index >= 15 is 4.39 Å². The molecule has 1 fully saturated rings. The molecule has 230 valence electrons. The van der Waals surface area contributed by atoms with Crippen molar-refractivity contribution in [2.75, 3.05) is 36.9 Å². The molecule has 1 aromatic carbocycles. The highest BCUT2D eigenvalue weighted by molar-refractivity contribution is 6.33. The molecule has 15 heteroatoms. The standard InChI is InChI=1S/C29H27ClF3N7O4/c1-14-10-37(2)6-7-39(14)20-9-18(23(30)27(33)35-20)34-21(42)12-38-11-17(16-8-15(13-41)26(43)25(32)24(16)31)22-28(38)36-19-4-3-5-40(19)29(22)44/h8-9,11,13-14,43H,3-7,10,12H2,1-2H3,(H,34,35,42)/t14-/m0/s1. The molecule has 0 bridgehead atoms. The normalized spacial score (nSPS) is 16.9. The number of carbonyl (C=O) groups is 2. The summed E-state index contributed by atoms with van der Waals surface area (Å²) >= 11 is 6.18. The Hall–Kier alpha value is -4.43. The number of aryl methyl sites for hydroxylation is 1. The van der Waals surface area contributed by atoms with E-state index in [0.29, 0.717) is 37.6 Å². The molecule has 0 unspecified atom stereocenters. The summed E-state index contributed by atoms with van der Waals surface area (Å²) in [6.45, 7) is 3.93. The van der Waals surface area contributed by atoms with Crippen LogP contribution >= 0.6 is 11.6 Å². The van der Waals surface area contributed by atoms with Crippen LogP contribution in [0.1, 0.15) is 29.5 Å². The molecule has 0 spiro atoms. The topological polar surface area (TPSA) is 126 Å². The number of fused-ring (bicyclic) bond motifs is 2. The smallest absolute Gasteiger partial charge is 0.263 e. The Balaban J connectivity index is 1.40. The number of carbonyl (C=O) groups excluding carboxylic acids is 2. The highest BCUT2D eigenvalue weighted by Gasteiger charge is 2.28. The van der Waals surface area contributed by atoms with Gasteiger partial charge in [0, 0.05) is 62.0 Å². The van der Waals surface area contributed by atoms with Crippen LogP contribution in [0, 0.1) is 17.6 Å². The first-order valence-corrected chi connectivity index (χ1v) is 14.3. The van der Waals surface area contributed by atoms with Crippen molar-refractivity contribution >= 4 is 46.3 Å². The van der Waals surface area contributed by atoms with Crippen LogP contribution in [0.15, 0.2) is 23.1 Å². The van der Waals surface area contributed by atoms with Crippen molar-refractivity contribution in [3.05, 3.63) is 62.7 Å². The molecule has 1 amide bonds. The monoisotopic (exact) mass is 629 g/mol. The number of amides is 1. The van der Waals surface area contributed by atoms with Gasteiger partial charge < -0.3 is 24.8 Å². The van der Waals surface area contributed by atoms with E-state index in [1.54, 1.807) is 0 Å². The lowest BCUT2D eigenvalue weighted by atomic mass is 10.0. The van der Waals surface area contributed by atoms with Crippen LogP contribution in [0.5, 0.6) is 5.75 Å². The van der Waals surface area contributed by atoms with Gasteiger partial charge in [0.1, 0.15) is 28.9 Å². The number of aromatic nitrogens is 4. The molecule has 0 aliphatic carbocycles. The van der Waals surface area contributed by atoms with Crippen LogP contribution in [-0.4, -0.2) is 74.0 Å². The molecule has 4 aromatic rings.